The Balaban J connectivity index is 1.04. The average molecular weight is 1030 g/mol. The molecule has 0 saturated carbocycles. The van der Waals surface area contributed by atoms with Crippen molar-refractivity contribution >= 4 is 107 Å². The van der Waals surface area contributed by atoms with E-state index in [1.165, 1.54) is 61.9 Å². The Labute approximate surface area is 455 Å². The standard InChI is InChI=1S/C70H40N6S2/c71-41-42-27-29-43(30-28-42)46-31-35-58(75-56-23-11-7-21-52(56)64-60(75)37-33-50-48-19-9-13-25-62(48)77-66(50)64)54(39-46)55-40-47(70-73-68(44-15-3-1-4-16-44)72-69(74-70)45-17-5-2-6-18-45)32-36-59(55)76-57-24-12-8-22-53(57)65-61(76)38-34-51-49-20-10-14-26-63(49)78-67(51)65/h1-40H. The fourth-order valence-corrected chi connectivity index (χ4v) is 14.4. The zero-order valence-electron chi connectivity index (χ0n) is 41.6. The molecule has 78 heavy (non-hydrogen) atoms. The summed E-state index contributed by atoms with van der Waals surface area (Å²) in [5, 5.41) is 19.8. The van der Waals surface area contributed by atoms with Gasteiger partial charge in [0.25, 0.3) is 0 Å². The van der Waals surface area contributed by atoms with Crippen molar-refractivity contribution in [3.8, 4) is 73.9 Å². The highest BCUT2D eigenvalue weighted by molar-refractivity contribution is 7.27. The molecule has 0 spiro atoms. The number of benzene rings is 11. The zero-order chi connectivity index (χ0) is 51.4. The second-order valence-corrected chi connectivity index (χ2v) is 21.9. The lowest BCUT2D eigenvalue weighted by atomic mass is 9.94. The van der Waals surface area contributed by atoms with Crippen LogP contribution in [0.2, 0.25) is 0 Å². The van der Waals surface area contributed by atoms with Gasteiger partial charge in [-0.3, -0.25) is 0 Å². The number of aromatic nitrogens is 5. The van der Waals surface area contributed by atoms with E-state index in [0.717, 1.165) is 72.4 Å². The Morgan fingerprint density at radius 2 is 0.731 bits per heavy atom. The molecule has 0 fully saturated rings. The summed E-state index contributed by atoms with van der Waals surface area (Å²) in [4.78, 5) is 15.7. The minimum Gasteiger partial charge on any atom is -0.309 e. The lowest BCUT2D eigenvalue weighted by molar-refractivity contribution is 1.07. The average Bonchev–Trinajstić information content (AvgIpc) is 4.38. The van der Waals surface area contributed by atoms with Gasteiger partial charge in [-0.1, -0.05) is 164 Å². The first-order valence-corrected chi connectivity index (χ1v) is 27.6. The van der Waals surface area contributed by atoms with E-state index in [0.29, 0.717) is 23.0 Å². The third-order valence-corrected chi connectivity index (χ3v) is 17.8. The summed E-state index contributed by atoms with van der Waals surface area (Å²) in [6.45, 7) is 0. The first-order chi connectivity index (χ1) is 38.6. The highest BCUT2D eigenvalue weighted by atomic mass is 32.1. The van der Waals surface area contributed by atoms with E-state index in [4.69, 9.17) is 15.0 Å². The fraction of sp³-hybridized carbons (Fsp3) is 0. The molecule has 6 nitrogen and oxygen atoms in total. The third-order valence-electron chi connectivity index (χ3n) is 15.4. The Hall–Kier alpha value is -10.0. The van der Waals surface area contributed by atoms with Gasteiger partial charge in [0.2, 0.25) is 0 Å². The van der Waals surface area contributed by atoms with E-state index >= 15 is 0 Å². The predicted octanol–water partition coefficient (Wildman–Crippen LogP) is 19.0. The van der Waals surface area contributed by atoms with E-state index in [9.17, 15) is 5.26 Å². The smallest absolute Gasteiger partial charge is 0.164 e. The molecule has 0 saturated heterocycles. The number of hydrogen-bond donors (Lipinski definition) is 0. The van der Waals surface area contributed by atoms with Crippen LogP contribution in [-0.4, -0.2) is 24.1 Å². The molecule has 0 radical (unpaired) electrons. The van der Waals surface area contributed by atoms with Gasteiger partial charge in [-0.2, -0.15) is 5.26 Å². The Morgan fingerprint density at radius 1 is 0.321 bits per heavy atom. The van der Waals surface area contributed by atoms with E-state index in [2.05, 4.69) is 209 Å². The number of thiophene rings is 2. The number of nitrogens with zero attached hydrogens (tertiary/aromatic N) is 6. The number of nitriles is 1. The SMILES string of the molecule is N#Cc1ccc(-c2ccc(-n3c4ccccc4c4c5sc6ccccc6c5ccc43)c(-c3cc(-c4nc(-c5ccccc5)nc(-c5ccccc5)n4)ccc3-n3c4ccccc4c4c5sc6ccccc6c5ccc43)c2)cc1. The van der Waals surface area contributed by atoms with E-state index < -0.39 is 0 Å². The normalized spacial score (nSPS) is 11.8. The van der Waals surface area contributed by atoms with Crippen LogP contribution in [0.3, 0.4) is 0 Å². The fourth-order valence-electron chi connectivity index (χ4n) is 11.9. The van der Waals surface area contributed by atoms with Crippen LogP contribution in [0.1, 0.15) is 5.56 Å². The van der Waals surface area contributed by atoms with Gasteiger partial charge in [0.05, 0.1) is 45.1 Å². The maximum atomic E-state index is 9.90. The largest absolute Gasteiger partial charge is 0.309 e. The van der Waals surface area contributed by atoms with Crippen molar-refractivity contribution in [2.45, 2.75) is 0 Å². The summed E-state index contributed by atoms with van der Waals surface area (Å²) in [6, 6.07) is 88.6. The summed E-state index contributed by atoms with van der Waals surface area (Å²) in [7, 11) is 0. The van der Waals surface area contributed by atoms with Crippen molar-refractivity contribution in [1.29, 1.82) is 5.26 Å². The molecule has 0 N–H and O–H groups in total. The van der Waals surface area contributed by atoms with E-state index in [1.54, 1.807) is 0 Å². The van der Waals surface area contributed by atoms with Gasteiger partial charge < -0.3 is 9.13 Å². The maximum absolute atomic E-state index is 9.90. The molecule has 16 rings (SSSR count). The Kier molecular flexibility index (Phi) is 9.94. The van der Waals surface area contributed by atoms with Gasteiger partial charge in [-0.05, 0) is 90.0 Å². The Bertz CT molecular complexity index is 5100. The van der Waals surface area contributed by atoms with Gasteiger partial charge in [0.1, 0.15) is 0 Å². The maximum Gasteiger partial charge on any atom is 0.164 e. The van der Waals surface area contributed by atoms with Gasteiger partial charge in [-0.15, -0.1) is 22.7 Å². The van der Waals surface area contributed by atoms with E-state index in [1.807, 2.05) is 71.2 Å². The molecule has 0 amide bonds. The lowest BCUT2D eigenvalue weighted by Crippen LogP contribution is -2.04. The summed E-state index contributed by atoms with van der Waals surface area (Å²) in [5.41, 5.74) is 13.8. The van der Waals surface area contributed by atoms with Crippen molar-refractivity contribution in [3.63, 3.8) is 0 Å². The summed E-state index contributed by atoms with van der Waals surface area (Å²) in [6.07, 6.45) is 0. The van der Waals surface area contributed by atoms with Crippen molar-refractivity contribution < 1.29 is 0 Å². The minimum atomic E-state index is 0.568. The second-order valence-electron chi connectivity index (χ2n) is 19.8. The molecule has 0 bridgehead atoms. The minimum absolute atomic E-state index is 0.568. The van der Waals surface area contributed by atoms with Crippen LogP contribution >= 0.6 is 22.7 Å². The predicted molar refractivity (Wildman–Crippen MR) is 326 cm³/mol. The topological polar surface area (TPSA) is 72.3 Å². The highest BCUT2D eigenvalue weighted by Crippen LogP contribution is 2.48. The van der Waals surface area contributed by atoms with Crippen molar-refractivity contribution in [2.75, 3.05) is 0 Å². The van der Waals surface area contributed by atoms with Crippen LogP contribution in [0.25, 0.3) is 152 Å². The van der Waals surface area contributed by atoms with Crippen molar-refractivity contribution in [3.05, 3.63) is 248 Å². The molecule has 362 valence electrons. The first-order valence-electron chi connectivity index (χ1n) is 26.0. The zero-order valence-corrected chi connectivity index (χ0v) is 43.2. The van der Waals surface area contributed by atoms with Crippen LogP contribution in [0, 0.1) is 11.3 Å². The molecule has 8 heteroatoms. The van der Waals surface area contributed by atoms with Gasteiger partial charge in [0.15, 0.2) is 17.5 Å². The molecular formula is C70H40N6S2. The summed E-state index contributed by atoms with van der Waals surface area (Å²) in [5.74, 6) is 1.76. The molecule has 5 aromatic heterocycles. The van der Waals surface area contributed by atoms with Crippen LogP contribution in [-0.2, 0) is 0 Å². The van der Waals surface area contributed by atoms with Gasteiger partial charge >= 0.3 is 0 Å². The number of para-hydroxylation sites is 2. The van der Waals surface area contributed by atoms with Crippen LogP contribution in [0.5, 0.6) is 0 Å². The summed E-state index contributed by atoms with van der Waals surface area (Å²) < 4.78 is 10.0. The molecule has 0 aliphatic carbocycles. The molecule has 0 aliphatic heterocycles. The number of hydrogen-bond acceptors (Lipinski definition) is 6. The lowest BCUT2D eigenvalue weighted by Gasteiger charge is -2.21. The summed E-state index contributed by atoms with van der Waals surface area (Å²) >= 11 is 3.73. The number of fused-ring (bicyclic) bond motifs is 14. The van der Waals surface area contributed by atoms with Crippen LogP contribution in [0.4, 0.5) is 0 Å². The third kappa shape index (κ3) is 6.82. The molecule has 16 aromatic rings. The van der Waals surface area contributed by atoms with Gasteiger partial charge in [0, 0.05) is 89.7 Å². The van der Waals surface area contributed by atoms with Crippen molar-refractivity contribution in [2.24, 2.45) is 0 Å². The van der Waals surface area contributed by atoms with Crippen LogP contribution < -0.4 is 0 Å². The molecule has 0 atom stereocenters. The number of rotatable bonds is 7. The second kappa shape index (κ2) is 17.5. The molecule has 11 aromatic carbocycles. The van der Waals surface area contributed by atoms with Crippen LogP contribution in [0.15, 0.2) is 243 Å². The highest BCUT2D eigenvalue weighted by Gasteiger charge is 2.25. The molecule has 0 unspecified atom stereocenters. The molecule has 5 heterocycles. The van der Waals surface area contributed by atoms with E-state index in [-0.39, 0.29) is 0 Å². The van der Waals surface area contributed by atoms with Gasteiger partial charge in [-0.25, -0.2) is 15.0 Å². The Morgan fingerprint density at radius 3 is 1.23 bits per heavy atom. The first kappa shape index (κ1) is 44.3. The van der Waals surface area contributed by atoms with Crippen molar-refractivity contribution in [1.82, 2.24) is 24.1 Å². The molecule has 0 aliphatic rings. The molecular weight excluding hydrogens is 989 g/mol. The quantitative estimate of drug-likeness (QED) is 0.159. The monoisotopic (exact) mass is 1030 g/mol.